The van der Waals surface area contributed by atoms with Gasteiger partial charge >= 0.3 is 5.97 Å². The molecule has 0 aromatic heterocycles. The fourth-order valence-electron chi connectivity index (χ4n) is 2.51. The first kappa shape index (κ1) is 21.8. The molecule has 154 valence electrons. The molecule has 0 atom stereocenters. The van der Waals surface area contributed by atoms with Crippen LogP contribution >= 0.6 is 0 Å². The van der Waals surface area contributed by atoms with Crippen molar-refractivity contribution < 1.29 is 33.3 Å². The van der Waals surface area contributed by atoms with Crippen molar-refractivity contribution in [1.82, 2.24) is 0 Å². The molecule has 0 amide bonds. The van der Waals surface area contributed by atoms with Crippen molar-refractivity contribution in [2.75, 3.05) is 34.5 Å². The molecule has 0 saturated heterocycles. The highest BCUT2D eigenvalue weighted by molar-refractivity contribution is 6.10. The molecule has 0 N–H and O–H groups in total. The highest BCUT2D eigenvalue weighted by Gasteiger charge is 2.20. The number of methoxy groups -OCH3 is 3. The van der Waals surface area contributed by atoms with Crippen LogP contribution in [0, 0.1) is 0 Å². The van der Waals surface area contributed by atoms with Gasteiger partial charge in [0.25, 0.3) is 0 Å². The molecule has 0 bridgehead atoms. The van der Waals surface area contributed by atoms with Gasteiger partial charge in [0.15, 0.2) is 12.4 Å². The largest absolute Gasteiger partial charge is 0.497 e. The van der Waals surface area contributed by atoms with E-state index in [4.69, 9.17) is 23.7 Å². The lowest BCUT2D eigenvalue weighted by Crippen LogP contribution is -2.16. The van der Waals surface area contributed by atoms with E-state index in [0.717, 1.165) is 11.3 Å². The van der Waals surface area contributed by atoms with Crippen molar-refractivity contribution in [3.8, 4) is 23.0 Å². The lowest BCUT2D eigenvalue weighted by molar-refractivity contribution is -0.145. The maximum absolute atomic E-state index is 12.9. The Morgan fingerprint density at radius 3 is 2.14 bits per heavy atom. The van der Waals surface area contributed by atoms with Crippen LogP contribution in [-0.4, -0.2) is 46.3 Å². The van der Waals surface area contributed by atoms with Crippen molar-refractivity contribution in [3.63, 3.8) is 0 Å². The zero-order chi connectivity index (χ0) is 21.2. The van der Waals surface area contributed by atoms with E-state index in [0.29, 0.717) is 5.75 Å². The van der Waals surface area contributed by atoms with Gasteiger partial charge in [-0.05, 0) is 30.7 Å². The molecule has 0 fully saturated rings. The van der Waals surface area contributed by atoms with Crippen LogP contribution in [0.2, 0.25) is 0 Å². The Balaban J connectivity index is 2.32. The molecular weight excluding hydrogens is 376 g/mol. The first-order valence-electron chi connectivity index (χ1n) is 8.93. The maximum Gasteiger partial charge on any atom is 0.344 e. The highest BCUT2D eigenvalue weighted by atomic mass is 16.6. The van der Waals surface area contributed by atoms with Crippen molar-refractivity contribution in [3.05, 3.63) is 53.6 Å². The fraction of sp³-hybridized carbons (Fsp3) is 0.273. The topological polar surface area (TPSA) is 80.3 Å². The Bertz CT molecular complexity index is 869. The minimum Gasteiger partial charge on any atom is -0.497 e. The number of benzene rings is 2. The van der Waals surface area contributed by atoms with Gasteiger partial charge in [0.2, 0.25) is 0 Å². The van der Waals surface area contributed by atoms with Crippen LogP contribution in [-0.2, 0) is 9.53 Å². The summed E-state index contributed by atoms with van der Waals surface area (Å²) in [6.07, 6.45) is 3.07. The predicted molar refractivity (Wildman–Crippen MR) is 108 cm³/mol. The molecule has 0 saturated carbocycles. The molecule has 0 aliphatic rings. The summed E-state index contributed by atoms with van der Waals surface area (Å²) in [4.78, 5) is 24.5. The van der Waals surface area contributed by atoms with Gasteiger partial charge < -0.3 is 23.7 Å². The standard InChI is InChI=1S/C22H24O7/c1-5-28-21(24)14-29-20-13-17(26-3)12-19(27-4)22(20)18(23)11-8-15-6-9-16(25-2)10-7-15/h6-13H,5,14H2,1-4H3. The summed E-state index contributed by atoms with van der Waals surface area (Å²) < 4.78 is 26.1. The van der Waals surface area contributed by atoms with E-state index in [1.165, 1.54) is 26.4 Å². The number of esters is 1. The highest BCUT2D eigenvalue weighted by Crippen LogP contribution is 2.35. The zero-order valence-electron chi connectivity index (χ0n) is 16.9. The number of allylic oxidation sites excluding steroid dienone is 1. The summed E-state index contributed by atoms with van der Waals surface area (Å²) in [6.45, 7) is 1.60. The summed E-state index contributed by atoms with van der Waals surface area (Å²) in [5.41, 5.74) is 1.00. The Morgan fingerprint density at radius 1 is 0.897 bits per heavy atom. The summed E-state index contributed by atoms with van der Waals surface area (Å²) in [5.74, 6) is 0.697. The lowest BCUT2D eigenvalue weighted by Gasteiger charge is -2.14. The van der Waals surface area contributed by atoms with E-state index >= 15 is 0 Å². The molecule has 29 heavy (non-hydrogen) atoms. The Morgan fingerprint density at radius 2 is 1.55 bits per heavy atom. The monoisotopic (exact) mass is 400 g/mol. The Hall–Kier alpha value is -3.48. The van der Waals surface area contributed by atoms with Crippen LogP contribution in [0.1, 0.15) is 22.8 Å². The van der Waals surface area contributed by atoms with Gasteiger partial charge in [-0.25, -0.2) is 4.79 Å². The maximum atomic E-state index is 12.9. The molecule has 0 radical (unpaired) electrons. The average Bonchev–Trinajstić information content (AvgIpc) is 2.75. The van der Waals surface area contributed by atoms with Crippen molar-refractivity contribution in [1.29, 1.82) is 0 Å². The number of carbonyl (C=O) groups is 2. The Labute approximate surface area is 169 Å². The van der Waals surface area contributed by atoms with Crippen LogP contribution < -0.4 is 18.9 Å². The summed E-state index contributed by atoms with van der Waals surface area (Å²) in [6, 6.07) is 10.3. The van der Waals surface area contributed by atoms with Crippen LogP contribution in [0.5, 0.6) is 23.0 Å². The summed E-state index contributed by atoms with van der Waals surface area (Å²) in [7, 11) is 4.50. The SMILES string of the molecule is CCOC(=O)COc1cc(OC)cc(OC)c1C(=O)C=Cc1ccc(OC)cc1. The number of carbonyl (C=O) groups excluding carboxylic acids is 2. The summed E-state index contributed by atoms with van der Waals surface area (Å²) >= 11 is 0. The lowest BCUT2D eigenvalue weighted by atomic mass is 10.1. The molecule has 0 aliphatic carbocycles. The third kappa shape index (κ3) is 6.00. The van der Waals surface area contributed by atoms with Gasteiger partial charge in [0, 0.05) is 12.1 Å². The van der Waals surface area contributed by atoms with E-state index in [1.54, 1.807) is 38.3 Å². The van der Waals surface area contributed by atoms with Gasteiger partial charge in [-0.3, -0.25) is 4.79 Å². The number of rotatable bonds is 10. The van der Waals surface area contributed by atoms with E-state index < -0.39 is 5.97 Å². The van der Waals surface area contributed by atoms with Crippen molar-refractivity contribution >= 4 is 17.8 Å². The van der Waals surface area contributed by atoms with Crippen molar-refractivity contribution in [2.24, 2.45) is 0 Å². The molecule has 2 rings (SSSR count). The van der Waals surface area contributed by atoms with Crippen LogP contribution in [0.25, 0.3) is 6.08 Å². The average molecular weight is 400 g/mol. The molecular formula is C22H24O7. The van der Waals surface area contributed by atoms with E-state index in [1.807, 2.05) is 12.1 Å². The molecule has 2 aromatic carbocycles. The molecule has 0 heterocycles. The van der Waals surface area contributed by atoms with Gasteiger partial charge in [0.05, 0.1) is 27.9 Å². The van der Waals surface area contributed by atoms with E-state index in [9.17, 15) is 9.59 Å². The molecule has 2 aromatic rings. The third-order valence-electron chi connectivity index (χ3n) is 3.94. The minimum atomic E-state index is -0.540. The van der Waals surface area contributed by atoms with Gasteiger partial charge in [-0.1, -0.05) is 18.2 Å². The van der Waals surface area contributed by atoms with Gasteiger partial charge in [-0.15, -0.1) is 0 Å². The molecule has 0 unspecified atom stereocenters. The third-order valence-corrected chi connectivity index (χ3v) is 3.94. The second kappa shape index (κ2) is 10.8. The second-order valence-electron chi connectivity index (χ2n) is 5.77. The quantitative estimate of drug-likeness (QED) is 0.343. The summed E-state index contributed by atoms with van der Waals surface area (Å²) in [5, 5.41) is 0. The van der Waals surface area contributed by atoms with Gasteiger partial charge in [-0.2, -0.15) is 0 Å². The Kier molecular flexibility index (Phi) is 8.09. The normalized spacial score (nSPS) is 10.5. The number of hydrogen-bond donors (Lipinski definition) is 0. The van der Waals surface area contributed by atoms with E-state index in [-0.39, 0.29) is 36.1 Å². The van der Waals surface area contributed by atoms with Crippen molar-refractivity contribution in [2.45, 2.75) is 6.92 Å². The number of ketones is 1. The first-order chi connectivity index (χ1) is 14.0. The predicted octanol–water partition coefficient (Wildman–Crippen LogP) is 3.55. The number of hydrogen-bond acceptors (Lipinski definition) is 7. The van der Waals surface area contributed by atoms with Crippen LogP contribution in [0.3, 0.4) is 0 Å². The number of ether oxygens (including phenoxy) is 5. The fourth-order valence-corrected chi connectivity index (χ4v) is 2.51. The molecule has 0 spiro atoms. The molecule has 7 nitrogen and oxygen atoms in total. The minimum absolute atomic E-state index is 0.165. The van der Waals surface area contributed by atoms with Gasteiger partial charge in [0.1, 0.15) is 28.6 Å². The first-order valence-corrected chi connectivity index (χ1v) is 8.93. The van der Waals surface area contributed by atoms with E-state index in [2.05, 4.69) is 0 Å². The second-order valence-corrected chi connectivity index (χ2v) is 5.77. The van der Waals surface area contributed by atoms with Crippen LogP contribution in [0.4, 0.5) is 0 Å². The van der Waals surface area contributed by atoms with Crippen LogP contribution in [0.15, 0.2) is 42.5 Å². The smallest absolute Gasteiger partial charge is 0.344 e. The zero-order valence-corrected chi connectivity index (χ0v) is 16.9. The molecule has 0 aliphatic heterocycles. The molecule has 7 heteroatoms.